The van der Waals surface area contributed by atoms with Crippen LogP contribution in [0.3, 0.4) is 0 Å². The van der Waals surface area contributed by atoms with Gasteiger partial charge in [0.1, 0.15) is 0 Å². The van der Waals surface area contributed by atoms with Crippen molar-refractivity contribution in [3.8, 4) is 11.5 Å². The van der Waals surface area contributed by atoms with E-state index in [0.29, 0.717) is 5.56 Å². The molecule has 0 saturated heterocycles. The summed E-state index contributed by atoms with van der Waals surface area (Å²) in [4.78, 5) is 2.13. The molecule has 0 aliphatic carbocycles. The Morgan fingerprint density at radius 1 is 1.12 bits per heavy atom. The number of ether oxygens (including phenoxy) is 2. The van der Waals surface area contributed by atoms with Crippen LogP contribution in [0.15, 0.2) is 58.5 Å². The monoisotopic (exact) mass is 356 g/mol. The zero-order valence-electron chi connectivity index (χ0n) is 12.5. The lowest BCUT2D eigenvalue weighted by Gasteiger charge is -2.10. The van der Waals surface area contributed by atoms with Crippen molar-refractivity contribution in [1.82, 2.24) is 4.83 Å². The van der Waals surface area contributed by atoms with Crippen LogP contribution in [0.4, 0.5) is 8.78 Å². The Balaban J connectivity index is 2.12. The summed E-state index contributed by atoms with van der Waals surface area (Å²) in [5.74, 6) is -0.0558. The molecule has 0 amide bonds. The zero-order valence-corrected chi connectivity index (χ0v) is 13.3. The number of hydrogen-bond acceptors (Lipinski definition) is 5. The SMILES string of the molecule is COc1cc(C=NNS(=O)(=O)c2ccccc2)ccc1OC(F)F. The van der Waals surface area contributed by atoms with E-state index in [2.05, 4.69) is 14.7 Å². The lowest BCUT2D eigenvalue weighted by Crippen LogP contribution is -2.18. The van der Waals surface area contributed by atoms with Crippen LogP contribution in [0.5, 0.6) is 11.5 Å². The molecule has 0 aliphatic rings. The van der Waals surface area contributed by atoms with Crippen molar-refractivity contribution in [2.75, 3.05) is 7.11 Å². The van der Waals surface area contributed by atoms with E-state index in [1.54, 1.807) is 18.2 Å². The normalized spacial score (nSPS) is 11.7. The molecule has 0 aromatic heterocycles. The lowest BCUT2D eigenvalue weighted by atomic mass is 10.2. The van der Waals surface area contributed by atoms with Gasteiger partial charge in [-0.2, -0.15) is 22.3 Å². The van der Waals surface area contributed by atoms with E-state index in [9.17, 15) is 17.2 Å². The number of nitrogens with zero attached hydrogens (tertiary/aromatic N) is 1. The third kappa shape index (κ3) is 4.66. The minimum absolute atomic E-state index is 0.0698. The number of hydrazone groups is 1. The van der Waals surface area contributed by atoms with Crippen molar-refractivity contribution >= 4 is 16.2 Å². The first-order valence-electron chi connectivity index (χ1n) is 6.65. The van der Waals surface area contributed by atoms with Gasteiger partial charge in [-0.05, 0) is 35.9 Å². The summed E-state index contributed by atoms with van der Waals surface area (Å²) in [6, 6.07) is 11.8. The molecule has 0 bridgehead atoms. The number of nitrogens with one attached hydrogen (secondary N) is 1. The van der Waals surface area contributed by atoms with Crippen LogP contribution in [-0.2, 0) is 10.0 Å². The Morgan fingerprint density at radius 2 is 1.83 bits per heavy atom. The Labute approximate surface area is 137 Å². The summed E-state index contributed by atoms with van der Waals surface area (Å²) in [7, 11) is -2.47. The van der Waals surface area contributed by atoms with Gasteiger partial charge in [-0.3, -0.25) is 0 Å². The molecule has 2 aromatic rings. The Hall–Kier alpha value is -2.68. The predicted octanol–water partition coefficient (Wildman–Crippen LogP) is 2.61. The average Bonchev–Trinajstić information content (AvgIpc) is 2.56. The minimum Gasteiger partial charge on any atom is -0.493 e. The molecule has 0 atom stereocenters. The van der Waals surface area contributed by atoms with Crippen LogP contribution < -0.4 is 14.3 Å². The fraction of sp³-hybridized carbons (Fsp3) is 0.133. The van der Waals surface area contributed by atoms with Crippen molar-refractivity contribution in [3.05, 3.63) is 54.1 Å². The molecule has 1 N–H and O–H groups in total. The molecule has 128 valence electrons. The number of benzene rings is 2. The first-order valence-corrected chi connectivity index (χ1v) is 8.13. The molecule has 2 rings (SSSR count). The van der Waals surface area contributed by atoms with Gasteiger partial charge < -0.3 is 9.47 Å². The van der Waals surface area contributed by atoms with E-state index in [-0.39, 0.29) is 16.4 Å². The molecule has 0 fully saturated rings. The van der Waals surface area contributed by atoms with Gasteiger partial charge in [-0.15, -0.1) is 0 Å². The highest BCUT2D eigenvalue weighted by Gasteiger charge is 2.12. The maximum Gasteiger partial charge on any atom is 0.387 e. The summed E-state index contributed by atoms with van der Waals surface area (Å²) in [6.07, 6.45) is 1.22. The molecule has 9 heteroatoms. The summed E-state index contributed by atoms with van der Waals surface area (Å²) < 4.78 is 57.7. The molecular weight excluding hydrogens is 342 g/mol. The second-order valence-corrected chi connectivity index (χ2v) is 6.12. The van der Waals surface area contributed by atoms with Gasteiger partial charge in [-0.25, -0.2) is 4.83 Å². The number of methoxy groups -OCH3 is 1. The number of hydrogen-bond donors (Lipinski definition) is 1. The van der Waals surface area contributed by atoms with Gasteiger partial charge in [0.05, 0.1) is 18.2 Å². The fourth-order valence-electron chi connectivity index (χ4n) is 1.78. The van der Waals surface area contributed by atoms with E-state index in [1.807, 2.05) is 0 Å². The summed E-state index contributed by atoms with van der Waals surface area (Å²) in [5.41, 5.74) is 0.434. The van der Waals surface area contributed by atoms with Crippen LogP contribution >= 0.6 is 0 Å². The minimum atomic E-state index is -3.77. The van der Waals surface area contributed by atoms with E-state index in [0.717, 1.165) is 0 Å². The van der Waals surface area contributed by atoms with Crippen LogP contribution in [0.1, 0.15) is 5.56 Å². The highest BCUT2D eigenvalue weighted by atomic mass is 32.2. The van der Waals surface area contributed by atoms with Crippen molar-refractivity contribution in [1.29, 1.82) is 0 Å². The second-order valence-electron chi connectivity index (χ2n) is 4.45. The predicted molar refractivity (Wildman–Crippen MR) is 84.0 cm³/mol. The van der Waals surface area contributed by atoms with E-state index in [1.165, 1.54) is 43.7 Å². The largest absolute Gasteiger partial charge is 0.493 e. The van der Waals surface area contributed by atoms with Gasteiger partial charge in [0.2, 0.25) is 0 Å². The van der Waals surface area contributed by atoms with Crippen LogP contribution in [0, 0.1) is 0 Å². The smallest absolute Gasteiger partial charge is 0.387 e. The second kappa shape index (κ2) is 7.73. The average molecular weight is 356 g/mol. The maximum atomic E-state index is 12.3. The molecule has 24 heavy (non-hydrogen) atoms. The molecule has 0 radical (unpaired) electrons. The highest BCUT2D eigenvalue weighted by Crippen LogP contribution is 2.28. The Bertz CT molecular complexity index is 811. The Morgan fingerprint density at radius 3 is 2.46 bits per heavy atom. The third-order valence-electron chi connectivity index (χ3n) is 2.84. The molecule has 0 unspecified atom stereocenters. The third-order valence-corrected chi connectivity index (χ3v) is 4.08. The van der Waals surface area contributed by atoms with Crippen molar-refractivity contribution in [2.45, 2.75) is 11.5 Å². The van der Waals surface area contributed by atoms with E-state index >= 15 is 0 Å². The first-order chi connectivity index (χ1) is 11.4. The topological polar surface area (TPSA) is 77.0 Å². The summed E-state index contributed by atoms with van der Waals surface area (Å²) in [6.45, 7) is -2.98. The fourth-order valence-corrected chi connectivity index (χ4v) is 2.59. The van der Waals surface area contributed by atoms with Gasteiger partial charge in [0.15, 0.2) is 11.5 Å². The summed E-state index contributed by atoms with van der Waals surface area (Å²) >= 11 is 0. The maximum absolute atomic E-state index is 12.3. The highest BCUT2D eigenvalue weighted by molar-refractivity contribution is 7.89. The van der Waals surface area contributed by atoms with Gasteiger partial charge in [0.25, 0.3) is 10.0 Å². The van der Waals surface area contributed by atoms with Crippen LogP contribution in [0.25, 0.3) is 0 Å². The van der Waals surface area contributed by atoms with Crippen molar-refractivity contribution < 1.29 is 26.7 Å². The number of halogens is 2. The molecule has 6 nitrogen and oxygen atoms in total. The molecular formula is C15H14F2N2O4S. The van der Waals surface area contributed by atoms with Crippen molar-refractivity contribution in [3.63, 3.8) is 0 Å². The lowest BCUT2D eigenvalue weighted by molar-refractivity contribution is -0.0512. The number of rotatable bonds is 7. The molecule has 0 aliphatic heterocycles. The molecule has 0 spiro atoms. The van der Waals surface area contributed by atoms with Gasteiger partial charge in [-0.1, -0.05) is 18.2 Å². The number of sulfonamides is 1. The standard InChI is InChI=1S/C15H14F2N2O4S/c1-22-14-9-11(7-8-13(14)23-15(16)17)10-18-19-24(20,21)12-5-3-2-4-6-12/h2-10,15,19H,1H3. The molecule has 2 aromatic carbocycles. The van der Waals surface area contributed by atoms with Crippen molar-refractivity contribution in [2.24, 2.45) is 5.10 Å². The van der Waals surface area contributed by atoms with Crippen LogP contribution in [-0.4, -0.2) is 28.4 Å². The van der Waals surface area contributed by atoms with E-state index < -0.39 is 16.6 Å². The first kappa shape index (κ1) is 17.7. The quantitative estimate of drug-likeness (QED) is 0.611. The van der Waals surface area contributed by atoms with Crippen LogP contribution in [0.2, 0.25) is 0 Å². The molecule has 0 saturated carbocycles. The Kier molecular flexibility index (Phi) is 5.69. The summed E-state index contributed by atoms with van der Waals surface area (Å²) in [5, 5.41) is 3.65. The van der Waals surface area contributed by atoms with E-state index in [4.69, 9.17) is 4.74 Å². The molecule has 0 heterocycles. The van der Waals surface area contributed by atoms with Gasteiger partial charge >= 0.3 is 6.61 Å². The van der Waals surface area contributed by atoms with Gasteiger partial charge in [0, 0.05) is 0 Å². The number of alkyl halides is 2. The zero-order chi connectivity index (χ0) is 17.6.